The molecule has 8 nitrogen and oxygen atoms in total. The van der Waals surface area contributed by atoms with Gasteiger partial charge in [0.15, 0.2) is 5.75 Å². The average molecular weight is 303 g/mol. The number of nitro groups is 1. The third-order valence-corrected chi connectivity index (χ3v) is 3.76. The van der Waals surface area contributed by atoms with Crippen molar-refractivity contribution in [3.8, 4) is 17.0 Å². The van der Waals surface area contributed by atoms with Gasteiger partial charge in [-0.05, 0) is 24.5 Å². The van der Waals surface area contributed by atoms with E-state index in [0.717, 1.165) is 11.1 Å². The molecule has 0 bridgehead atoms. The summed E-state index contributed by atoms with van der Waals surface area (Å²) >= 11 is 0. The van der Waals surface area contributed by atoms with E-state index in [1.165, 1.54) is 20.3 Å². The molecule has 0 atom stereocenters. The van der Waals surface area contributed by atoms with Gasteiger partial charge in [-0.15, -0.1) is 0 Å². The summed E-state index contributed by atoms with van der Waals surface area (Å²) in [5.41, 5.74) is 2.97. The Kier molecular flexibility index (Phi) is 3.28. The number of carbonyl (C=O) groups excluding carboxylic acids is 1. The van der Waals surface area contributed by atoms with Crippen molar-refractivity contribution in [2.45, 2.75) is 12.8 Å². The van der Waals surface area contributed by atoms with Gasteiger partial charge in [-0.25, -0.2) is 4.79 Å². The Bertz CT molecular complexity index is 781. The zero-order valence-corrected chi connectivity index (χ0v) is 12.0. The highest BCUT2D eigenvalue weighted by atomic mass is 16.6. The van der Waals surface area contributed by atoms with Gasteiger partial charge in [0.1, 0.15) is 5.69 Å². The molecule has 114 valence electrons. The summed E-state index contributed by atoms with van der Waals surface area (Å²) in [6, 6.07) is 3.09. The minimum absolute atomic E-state index is 0.128. The number of nitrogens with zero attached hydrogens (tertiary/aromatic N) is 2. The normalized spacial score (nSPS) is 12.3. The van der Waals surface area contributed by atoms with Crippen LogP contribution in [0.5, 0.6) is 5.75 Å². The minimum atomic E-state index is -0.500. The predicted octanol–water partition coefficient (Wildman–Crippen LogP) is 1.88. The Balaban J connectivity index is 2.18. The maximum absolute atomic E-state index is 11.7. The van der Waals surface area contributed by atoms with Gasteiger partial charge in [0.05, 0.1) is 24.8 Å². The first-order chi connectivity index (χ1) is 10.6. The molecule has 0 saturated heterocycles. The molecule has 1 aliphatic rings. The van der Waals surface area contributed by atoms with Gasteiger partial charge < -0.3 is 9.47 Å². The van der Waals surface area contributed by atoms with Crippen molar-refractivity contribution in [2.75, 3.05) is 14.2 Å². The second-order valence-corrected chi connectivity index (χ2v) is 4.86. The largest absolute Gasteiger partial charge is 0.490 e. The summed E-state index contributed by atoms with van der Waals surface area (Å²) in [5.74, 6) is -0.281. The highest BCUT2D eigenvalue weighted by molar-refractivity contribution is 5.92. The monoisotopic (exact) mass is 303 g/mol. The van der Waals surface area contributed by atoms with E-state index in [-0.39, 0.29) is 11.4 Å². The molecule has 0 amide bonds. The first-order valence-electron chi connectivity index (χ1n) is 6.58. The third kappa shape index (κ3) is 2.00. The summed E-state index contributed by atoms with van der Waals surface area (Å²) in [5, 5.41) is 18.0. The van der Waals surface area contributed by atoms with Crippen LogP contribution >= 0.6 is 0 Å². The number of nitrogens with one attached hydrogen (secondary N) is 1. The number of benzene rings is 1. The van der Waals surface area contributed by atoms with Crippen molar-refractivity contribution < 1.29 is 19.2 Å². The molecule has 3 rings (SSSR count). The van der Waals surface area contributed by atoms with E-state index in [2.05, 4.69) is 10.2 Å². The Morgan fingerprint density at radius 1 is 1.36 bits per heavy atom. The van der Waals surface area contributed by atoms with E-state index >= 15 is 0 Å². The number of carbonyl (C=O) groups is 1. The highest BCUT2D eigenvalue weighted by Crippen LogP contribution is 2.40. The average Bonchev–Trinajstić information content (AvgIpc) is 2.96. The molecule has 1 heterocycles. The maximum atomic E-state index is 11.7. The van der Waals surface area contributed by atoms with Gasteiger partial charge in [0.2, 0.25) is 0 Å². The number of esters is 1. The van der Waals surface area contributed by atoms with Gasteiger partial charge in [0, 0.05) is 17.2 Å². The standard InChI is InChI=1S/C14H13N3O5/c1-21-11-5-7-3-4-8-12(9(7)6-10(11)17(19)20)15-16-13(8)14(18)22-2/h5-6H,3-4H2,1-2H3,(H,15,16). The van der Waals surface area contributed by atoms with E-state index in [4.69, 9.17) is 9.47 Å². The van der Waals surface area contributed by atoms with Crippen LogP contribution in [0.4, 0.5) is 5.69 Å². The van der Waals surface area contributed by atoms with Crippen LogP contribution in [0.2, 0.25) is 0 Å². The van der Waals surface area contributed by atoms with Gasteiger partial charge in [-0.3, -0.25) is 15.2 Å². The van der Waals surface area contributed by atoms with Crippen LogP contribution in [-0.2, 0) is 17.6 Å². The molecule has 1 aromatic heterocycles. The number of aromatic nitrogens is 2. The number of aromatic amines is 1. The minimum Gasteiger partial charge on any atom is -0.490 e. The number of hydrogen-bond donors (Lipinski definition) is 1. The van der Waals surface area contributed by atoms with Gasteiger partial charge in [-0.1, -0.05) is 0 Å². The zero-order valence-electron chi connectivity index (χ0n) is 12.0. The molecular formula is C14H13N3O5. The van der Waals surface area contributed by atoms with Crippen molar-refractivity contribution in [3.05, 3.63) is 39.1 Å². The lowest BCUT2D eigenvalue weighted by Crippen LogP contribution is -2.10. The predicted molar refractivity (Wildman–Crippen MR) is 76.0 cm³/mol. The second kappa shape index (κ2) is 5.14. The van der Waals surface area contributed by atoms with E-state index in [1.807, 2.05) is 0 Å². The SMILES string of the molecule is COC(=O)c1[nH]nc2c1CCc1cc(OC)c([N+](=O)[O-])cc1-2. The smallest absolute Gasteiger partial charge is 0.356 e. The van der Waals surface area contributed by atoms with E-state index < -0.39 is 10.9 Å². The second-order valence-electron chi connectivity index (χ2n) is 4.86. The first kappa shape index (κ1) is 14.1. The van der Waals surface area contributed by atoms with Crippen molar-refractivity contribution in [1.82, 2.24) is 10.2 Å². The Labute approximate surface area is 125 Å². The topological polar surface area (TPSA) is 107 Å². The quantitative estimate of drug-likeness (QED) is 0.527. The van der Waals surface area contributed by atoms with Gasteiger partial charge in [0.25, 0.3) is 0 Å². The summed E-state index contributed by atoms with van der Waals surface area (Å²) in [6.07, 6.45) is 1.24. The molecular weight excluding hydrogens is 290 g/mol. The van der Waals surface area contributed by atoms with Crippen LogP contribution < -0.4 is 4.74 Å². The van der Waals surface area contributed by atoms with Crippen LogP contribution in [0.25, 0.3) is 11.3 Å². The van der Waals surface area contributed by atoms with Gasteiger partial charge >= 0.3 is 11.7 Å². The molecule has 0 radical (unpaired) electrons. The van der Waals surface area contributed by atoms with Crippen LogP contribution in [-0.4, -0.2) is 35.3 Å². The molecule has 0 fully saturated rings. The van der Waals surface area contributed by atoms with Crippen LogP contribution in [0, 0.1) is 10.1 Å². The number of fused-ring (bicyclic) bond motifs is 3. The fourth-order valence-electron chi connectivity index (χ4n) is 2.71. The molecule has 1 aromatic carbocycles. The van der Waals surface area contributed by atoms with Crippen molar-refractivity contribution in [1.29, 1.82) is 0 Å². The number of hydrogen-bond acceptors (Lipinski definition) is 6. The summed E-state index contributed by atoms with van der Waals surface area (Å²) in [4.78, 5) is 22.4. The number of methoxy groups -OCH3 is 2. The molecule has 2 aromatic rings. The molecule has 1 N–H and O–H groups in total. The molecule has 0 unspecified atom stereocenters. The summed E-state index contributed by atoms with van der Waals surface area (Å²) in [7, 11) is 2.69. The molecule has 0 spiro atoms. The molecule has 0 aliphatic heterocycles. The Morgan fingerprint density at radius 3 is 2.77 bits per heavy atom. The fourth-order valence-corrected chi connectivity index (χ4v) is 2.71. The van der Waals surface area contributed by atoms with Crippen molar-refractivity contribution in [2.24, 2.45) is 0 Å². The van der Waals surface area contributed by atoms with Crippen molar-refractivity contribution >= 4 is 11.7 Å². The number of ether oxygens (including phenoxy) is 2. The molecule has 1 aliphatic carbocycles. The number of H-pyrrole nitrogens is 1. The Morgan fingerprint density at radius 2 is 2.14 bits per heavy atom. The zero-order chi connectivity index (χ0) is 15.9. The van der Waals surface area contributed by atoms with Crippen molar-refractivity contribution in [3.63, 3.8) is 0 Å². The molecule has 8 heteroatoms. The lowest BCUT2D eigenvalue weighted by molar-refractivity contribution is -0.385. The fraction of sp³-hybridized carbons (Fsp3) is 0.286. The number of aryl methyl sites for hydroxylation is 1. The lowest BCUT2D eigenvalue weighted by atomic mass is 9.88. The lowest BCUT2D eigenvalue weighted by Gasteiger charge is -2.16. The van der Waals surface area contributed by atoms with Crippen LogP contribution in [0.3, 0.4) is 0 Å². The molecule has 22 heavy (non-hydrogen) atoms. The van der Waals surface area contributed by atoms with E-state index in [0.29, 0.717) is 29.8 Å². The maximum Gasteiger partial charge on any atom is 0.356 e. The summed E-state index contributed by atoms with van der Waals surface area (Å²) < 4.78 is 9.79. The highest BCUT2D eigenvalue weighted by Gasteiger charge is 2.29. The molecule has 0 saturated carbocycles. The number of rotatable bonds is 3. The van der Waals surface area contributed by atoms with Gasteiger partial charge in [-0.2, -0.15) is 5.10 Å². The van der Waals surface area contributed by atoms with E-state index in [1.54, 1.807) is 6.07 Å². The third-order valence-electron chi connectivity index (χ3n) is 3.76. The summed E-state index contributed by atoms with van der Waals surface area (Å²) in [6.45, 7) is 0. The van der Waals surface area contributed by atoms with Crippen LogP contribution in [0.15, 0.2) is 12.1 Å². The van der Waals surface area contributed by atoms with E-state index in [9.17, 15) is 14.9 Å². The first-order valence-corrected chi connectivity index (χ1v) is 6.58. The van der Waals surface area contributed by atoms with Crippen LogP contribution in [0.1, 0.15) is 21.6 Å². The number of nitro benzene ring substituents is 1. The Hall–Kier alpha value is -2.90.